The molecule has 0 atom stereocenters. The minimum absolute atomic E-state index is 0.292. The Labute approximate surface area is 162 Å². The number of ether oxygens (including phenoxy) is 2. The van der Waals surface area contributed by atoms with E-state index in [1.165, 1.54) is 25.3 Å². The number of fused-ring (bicyclic) bond motifs is 1. The molecule has 0 N–H and O–H groups in total. The van der Waals surface area contributed by atoms with Crippen LogP contribution in [-0.2, 0) is 4.74 Å². The van der Waals surface area contributed by atoms with Gasteiger partial charge in [-0.2, -0.15) is 0 Å². The fourth-order valence-electron chi connectivity index (χ4n) is 2.87. The van der Waals surface area contributed by atoms with Crippen LogP contribution in [0.15, 0.2) is 29.3 Å². The summed E-state index contributed by atoms with van der Waals surface area (Å²) in [5.41, 5.74) is -0.503. The van der Waals surface area contributed by atoms with Crippen LogP contribution in [0.3, 0.4) is 0 Å². The first-order chi connectivity index (χ1) is 12.8. The maximum atomic E-state index is 14.4. The molecule has 0 aliphatic carbocycles. The summed E-state index contributed by atoms with van der Waals surface area (Å²) < 4.78 is 27.2. The highest BCUT2D eigenvalue weighted by molar-refractivity contribution is 7.97. The topological polar surface area (TPSA) is 54.9 Å². The molecule has 1 fully saturated rings. The van der Waals surface area contributed by atoms with Crippen LogP contribution in [0.5, 0.6) is 5.88 Å². The zero-order valence-electron chi connectivity index (χ0n) is 16.0. The van der Waals surface area contributed by atoms with Gasteiger partial charge < -0.3 is 14.4 Å². The molecular weight excluding hydrogens is 369 g/mol. The lowest BCUT2D eigenvalue weighted by atomic mass is 10.1. The molecule has 27 heavy (non-hydrogen) atoms. The largest absolute Gasteiger partial charge is 0.481 e. The van der Waals surface area contributed by atoms with Gasteiger partial charge in [0.1, 0.15) is 5.60 Å². The number of rotatable bonds is 3. The van der Waals surface area contributed by atoms with Crippen molar-refractivity contribution >= 4 is 28.8 Å². The molecule has 1 aromatic heterocycles. The third-order valence-electron chi connectivity index (χ3n) is 4.10. The highest BCUT2D eigenvalue weighted by atomic mass is 32.2. The zero-order chi connectivity index (χ0) is 19.6. The molecule has 1 aromatic carbocycles. The molecule has 0 spiro atoms. The van der Waals surface area contributed by atoms with Crippen LogP contribution >= 0.6 is 11.9 Å². The molecule has 0 bridgehead atoms. The lowest BCUT2D eigenvalue weighted by Crippen LogP contribution is -2.47. The second kappa shape index (κ2) is 7.90. The molecule has 2 aromatic rings. The molecule has 0 radical (unpaired) electrons. The van der Waals surface area contributed by atoms with Crippen molar-refractivity contribution in [1.29, 1.82) is 0 Å². The predicted molar refractivity (Wildman–Crippen MR) is 103 cm³/mol. The van der Waals surface area contributed by atoms with Crippen LogP contribution in [0.1, 0.15) is 20.8 Å². The van der Waals surface area contributed by atoms with Crippen molar-refractivity contribution in [3.8, 4) is 5.88 Å². The number of piperazine rings is 1. The SMILES string of the molecule is COc1ncc(F)c2c(SN3CCN(C(=O)OC(C)(C)C)CC3)cccc12. The fourth-order valence-corrected chi connectivity index (χ4v) is 3.93. The van der Waals surface area contributed by atoms with Gasteiger partial charge in [0.05, 0.1) is 13.3 Å². The van der Waals surface area contributed by atoms with E-state index in [-0.39, 0.29) is 11.9 Å². The van der Waals surface area contributed by atoms with Crippen molar-refractivity contribution in [1.82, 2.24) is 14.2 Å². The van der Waals surface area contributed by atoms with Gasteiger partial charge in [-0.25, -0.2) is 18.5 Å². The molecule has 1 amide bonds. The Kier molecular flexibility index (Phi) is 5.76. The van der Waals surface area contributed by atoms with Gasteiger partial charge in [-0.05, 0) is 44.9 Å². The van der Waals surface area contributed by atoms with E-state index in [0.29, 0.717) is 42.8 Å². The Bertz CT molecular complexity index is 833. The molecular formula is C19H24FN3O3S. The van der Waals surface area contributed by atoms with Crippen molar-refractivity contribution in [3.05, 3.63) is 30.2 Å². The summed E-state index contributed by atoms with van der Waals surface area (Å²) in [7, 11) is 1.52. The van der Waals surface area contributed by atoms with Gasteiger partial charge in [0.15, 0.2) is 5.82 Å². The fraction of sp³-hybridized carbons (Fsp3) is 0.474. The number of carbonyl (C=O) groups excluding carboxylic acids is 1. The Morgan fingerprint density at radius 2 is 1.93 bits per heavy atom. The molecule has 1 aliphatic heterocycles. The van der Waals surface area contributed by atoms with Crippen LogP contribution in [0.2, 0.25) is 0 Å². The molecule has 0 saturated carbocycles. The Morgan fingerprint density at radius 3 is 2.56 bits per heavy atom. The number of benzene rings is 1. The third kappa shape index (κ3) is 4.62. The average molecular weight is 393 g/mol. The van der Waals surface area contributed by atoms with Crippen molar-refractivity contribution < 1.29 is 18.7 Å². The van der Waals surface area contributed by atoms with E-state index >= 15 is 0 Å². The molecule has 146 valence electrons. The normalized spacial score (nSPS) is 15.8. The number of methoxy groups -OCH3 is 1. The van der Waals surface area contributed by atoms with Crippen LogP contribution in [-0.4, -0.2) is 59.2 Å². The highest BCUT2D eigenvalue weighted by Crippen LogP contribution is 2.35. The number of nitrogens with zero attached hydrogens (tertiary/aromatic N) is 3. The molecule has 0 unspecified atom stereocenters. The average Bonchev–Trinajstić information content (AvgIpc) is 2.61. The second-order valence-corrected chi connectivity index (χ2v) is 8.42. The Hall–Kier alpha value is -2.06. The highest BCUT2D eigenvalue weighted by Gasteiger charge is 2.26. The van der Waals surface area contributed by atoms with Gasteiger partial charge >= 0.3 is 6.09 Å². The quantitative estimate of drug-likeness (QED) is 0.736. The van der Waals surface area contributed by atoms with Gasteiger partial charge in [0, 0.05) is 41.8 Å². The number of hydrogen-bond donors (Lipinski definition) is 0. The monoisotopic (exact) mass is 393 g/mol. The van der Waals surface area contributed by atoms with Crippen LogP contribution < -0.4 is 4.74 Å². The minimum atomic E-state index is -0.503. The van der Waals surface area contributed by atoms with E-state index in [1.807, 2.05) is 32.9 Å². The molecule has 8 heteroatoms. The number of hydrogen-bond acceptors (Lipinski definition) is 6. The summed E-state index contributed by atoms with van der Waals surface area (Å²) in [6.45, 7) is 8.05. The van der Waals surface area contributed by atoms with E-state index in [0.717, 1.165) is 4.90 Å². The van der Waals surface area contributed by atoms with Crippen LogP contribution in [0.4, 0.5) is 9.18 Å². The standard InChI is InChI=1S/C19H24FN3O3S/c1-19(2,3)26-18(24)22-8-10-23(11-9-22)27-15-7-5-6-13-16(15)14(20)12-21-17(13)25-4/h5-7,12H,8-11H2,1-4H3. The Morgan fingerprint density at radius 1 is 1.22 bits per heavy atom. The van der Waals surface area contributed by atoms with Crippen molar-refractivity contribution in [2.24, 2.45) is 0 Å². The summed E-state index contributed by atoms with van der Waals surface area (Å²) >= 11 is 1.49. The zero-order valence-corrected chi connectivity index (χ0v) is 16.8. The van der Waals surface area contributed by atoms with Gasteiger partial charge in [0.25, 0.3) is 0 Å². The maximum Gasteiger partial charge on any atom is 0.410 e. The lowest BCUT2D eigenvalue weighted by Gasteiger charge is -2.35. The molecule has 6 nitrogen and oxygen atoms in total. The van der Waals surface area contributed by atoms with Gasteiger partial charge in [-0.3, -0.25) is 0 Å². The van der Waals surface area contributed by atoms with Crippen molar-refractivity contribution in [2.45, 2.75) is 31.3 Å². The third-order valence-corrected chi connectivity index (χ3v) is 5.26. The van der Waals surface area contributed by atoms with Crippen molar-refractivity contribution in [3.63, 3.8) is 0 Å². The predicted octanol–water partition coefficient (Wildman–Crippen LogP) is 3.94. The van der Waals surface area contributed by atoms with Crippen molar-refractivity contribution in [2.75, 3.05) is 33.3 Å². The summed E-state index contributed by atoms with van der Waals surface area (Å²) in [5, 5.41) is 1.15. The summed E-state index contributed by atoms with van der Waals surface area (Å²) in [6.07, 6.45) is 0.894. The number of amides is 1. The molecule has 1 aliphatic rings. The van der Waals surface area contributed by atoms with E-state index in [2.05, 4.69) is 9.29 Å². The van der Waals surface area contributed by atoms with Crippen LogP contribution in [0.25, 0.3) is 10.8 Å². The molecule has 3 rings (SSSR count). The molecule has 1 saturated heterocycles. The Balaban J connectivity index is 1.70. The van der Waals surface area contributed by atoms with E-state index in [4.69, 9.17) is 9.47 Å². The van der Waals surface area contributed by atoms with Gasteiger partial charge in [0.2, 0.25) is 5.88 Å². The number of carbonyl (C=O) groups is 1. The first-order valence-electron chi connectivity index (χ1n) is 8.80. The second-order valence-electron chi connectivity index (χ2n) is 7.28. The number of halogens is 1. The lowest BCUT2D eigenvalue weighted by molar-refractivity contribution is 0.0197. The minimum Gasteiger partial charge on any atom is -0.481 e. The van der Waals surface area contributed by atoms with E-state index in [9.17, 15) is 9.18 Å². The van der Waals surface area contributed by atoms with E-state index < -0.39 is 5.60 Å². The number of aromatic nitrogens is 1. The first kappa shape index (κ1) is 19.7. The van der Waals surface area contributed by atoms with E-state index in [1.54, 1.807) is 11.0 Å². The maximum absolute atomic E-state index is 14.4. The molecule has 2 heterocycles. The smallest absolute Gasteiger partial charge is 0.410 e. The van der Waals surface area contributed by atoms with Gasteiger partial charge in [-0.1, -0.05) is 6.07 Å². The summed E-state index contributed by atoms with van der Waals surface area (Å²) in [6, 6.07) is 5.55. The van der Waals surface area contributed by atoms with Crippen LogP contribution in [0, 0.1) is 5.82 Å². The summed E-state index contributed by atoms with van der Waals surface area (Å²) in [4.78, 5) is 18.7. The number of pyridine rings is 1. The van der Waals surface area contributed by atoms with Gasteiger partial charge in [-0.15, -0.1) is 0 Å². The summed E-state index contributed by atoms with van der Waals surface area (Å²) in [5.74, 6) is 0.0323. The first-order valence-corrected chi connectivity index (χ1v) is 9.58.